The van der Waals surface area contributed by atoms with Crippen LogP contribution < -0.4 is 17.0 Å². The Kier molecular flexibility index (Phi) is 5.03. The standard InChI is InChI=1S/C18H15BrFN3O3/c19-12-4-1-10(2-5-12)9-23-17(25)16-11(3-6-15(21)24)7-13(20)8-14(16)22-18(23)26/h1-2,4-5,7-8H,3,6,9H2,(H2,21,24)(H,22,26). The number of amides is 1. The molecule has 3 N–H and O–H groups in total. The van der Waals surface area contributed by atoms with Crippen molar-refractivity contribution < 1.29 is 9.18 Å². The number of carbonyl (C=O) groups excluding carboxylic acids is 1. The van der Waals surface area contributed by atoms with Gasteiger partial charge >= 0.3 is 5.69 Å². The van der Waals surface area contributed by atoms with Gasteiger partial charge in [-0.05, 0) is 41.8 Å². The van der Waals surface area contributed by atoms with Crippen LogP contribution in [0.3, 0.4) is 0 Å². The van der Waals surface area contributed by atoms with E-state index in [0.717, 1.165) is 20.7 Å². The molecule has 0 aliphatic carbocycles. The fraction of sp³-hybridized carbons (Fsp3) is 0.167. The number of halogens is 2. The lowest BCUT2D eigenvalue weighted by Crippen LogP contribution is -2.36. The number of fused-ring (bicyclic) bond motifs is 1. The minimum absolute atomic E-state index is 0.0240. The average molecular weight is 420 g/mol. The molecule has 8 heteroatoms. The van der Waals surface area contributed by atoms with Gasteiger partial charge in [0.15, 0.2) is 0 Å². The van der Waals surface area contributed by atoms with Crippen LogP contribution in [0.5, 0.6) is 0 Å². The van der Waals surface area contributed by atoms with Gasteiger partial charge in [0.05, 0.1) is 17.4 Å². The zero-order valence-corrected chi connectivity index (χ0v) is 15.2. The van der Waals surface area contributed by atoms with Crippen LogP contribution in [0.1, 0.15) is 17.5 Å². The Balaban J connectivity index is 2.15. The monoisotopic (exact) mass is 419 g/mol. The van der Waals surface area contributed by atoms with Crippen molar-refractivity contribution in [3.05, 3.63) is 78.7 Å². The Morgan fingerprint density at radius 1 is 1.19 bits per heavy atom. The number of hydrogen-bond acceptors (Lipinski definition) is 3. The van der Waals surface area contributed by atoms with Gasteiger partial charge in [-0.25, -0.2) is 9.18 Å². The number of aromatic nitrogens is 2. The summed E-state index contributed by atoms with van der Waals surface area (Å²) in [4.78, 5) is 38.8. The first kappa shape index (κ1) is 18.1. The highest BCUT2D eigenvalue weighted by molar-refractivity contribution is 9.10. The molecule has 26 heavy (non-hydrogen) atoms. The van der Waals surface area contributed by atoms with Crippen molar-refractivity contribution in [2.24, 2.45) is 5.73 Å². The van der Waals surface area contributed by atoms with Crippen molar-refractivity contribution in [3.63, 3.8) is 0 Å². The van der Waals surface area contributed by atoms with Crippen LogP contribution in [0, 0.1) is 5.82 Å². The highest BCUT2D eigenvalue weighted by Gasteiger charge is 2.14. The van der Waals surface area contributed by atoms with Crippen molar-refractivity contribution >= 4 is 32.7 Å². The van der Waals surface area contributed by atoms with E-state index in [9.17, 15) is 18.8 Å². The number of nitrogens with zero attached hydrogens (tertiary/aromatic N) is 1. The molecule has 1 heterocycles. The lowest BCUT2D eigenvalue weighted by Gasteiger charge is -2.10. The van der Waals surface area contributed by atoms with Gasteiger partial charge in [0, 0.05) is 10.9 Å². The molecule has 0 aliphatic heterocycles. The molecule has 6 nitrogen and oxygen atoms in total. The minimum Gasteiger partial charge on any atom is -0.370 e. The largest absolute Gasteiger partial charge is 0.370 e. The number of hydrogen-bond donors (Lipinski definition) is 2. The van der Waals surface area contributed by atoms with Crippen molar-refractivity contribution in [1.82, 2.24) is 9.55 Å². The van der Waals surface area contributed by atoms with E-state index in [4.69, 9.17) is 5.73 Å². The van der Waals surface area contributed by atoms with Gasteiger partial charge in [-0.1, -0.05) is 28.1 Å². The summed E-state index contributed by atoms with van der Waals surface area (Å²) >= 11 is 3.33. The second-order valence-electron chi connectivity index (χ2n) is 5.90. The molecule has 0 fully saturated rings. The number of H-pyrrole nitrogens is 1. The van der Waals surface area contributed by atoms with Crippen molar-refractivity contribution in [1.29, 1.82) is 0 Å². The topological polar surface area (TPSA) is 97.9 Å². The van der Waals surface area contributed by atoms with E-state index in [1.807, 2.05) is 12.1 Å². The van der Waals surface area contributed by atoms with E-state index in [1.165, 1.54) is 6.07 Å². The van der Waals surface area contributed by atoms with E-state index in [1.54, 1.807) is 12.1 Å². The predicted octanol–water partition coefficient (Wildman–Crippen LogP) is 2.06. The zero-order chi connectivity index (χ0) is 18.8. The number of aromatic amines is 1. The van der Waals surface area contributed by atoms with Crippen molar-refractivity contribution in [2.75, 3.05) is 0 Å². The molecule has 0 radical (unpaired) electrons. The van der Waals surface area contributed by atoms with E-state index in [2.05, 4.69) is 20.9 Å². The number of aryl methyl sites for hydroxylation is 1. The first-order valence-corrected chi connectivity index (χ1v) is 8.62. The maximum Gasteiger partial charge on any atom is 0.329 e. The molecule has 0 atom stereocenters. The molecule has 0 aliphatic rings. The number of rotatable bonds is 5. The molecular formula is C18H15BrFN3O3. The third-order valence-corrected chi connectivity index (χ3v) is 4.55. The first-order valence-electron chi connectivity index (χ1n) is 7.83. The molecular weight excluding hydrogens is 405 g/mol. The van der Waals surface area contributed by atoms with E-state index >= 15 is 0 Å². The highest BCUT2D eigenvalue weighted by Crippen LogP contribution is 2.17. The molecule has 2 aromatic carbocycles. The smallest absolute Gasteiger partial charge is 0.329 e. The number of nitrogens with one attached hydrogen (secondary N) is 1. The predicted molar refractivity (Wildman–Crippen MR) is 99.5 cm³/mol. The Hall–Kier alpha value is -2.74. The molecule has 1 amide bonds. The molecule has 0 saturated heterocycles. The SMILES string of the molecule is NC(=O)CCc1cc(F)cc2[nH]c(=O)n(Cc3ccc(Br)cc3)c(=O)c12. The van der Waals surface area contributed by atoms with Crippen LogP contribution in [-0.2, 0) is 17.8 Å². The zero-order valence-electron chi connectivity index (χ0n) is 13.6. The van der Waals surface area contributed by atoms with Crippen LogP contribution in [0.25, 0.3) is 10.9 Å². The molecule has 0 saturated carbocycles. The summed E-state index contributed by atoms with van der Waals surface area (Å²) in [6.07, 6.45) is 0.0903. The first-order chi connectivity index (χ1) is 12.3. The quantitative estimate of drug-likeness (QED) is 0.661. The van der Waals surface area contributed by atoms with E-state index in [-0.39, 0.29) is 30.3 Å². The molecule has 0 unspecified atom stereocenters. The summed E-state index contributed by atoms with van der Waals surface area (Å²) in [6.45, 7) is 0.0734. The molecule has 3 rings (SSSR count). The lowest BCUT2D eigenvalue weighted by molar-refractivity contribution is -0.117. The molecule has 3 aromatic rings. The van der Waals surface area contributed by atoms with Gasteiger partial charge in [-0.15, -0.1) is 0 Å². The normalized spacial score (nSPS) is 11.0. The summed E-state index contributed by atoms with van der Waals surface area (Å²) in [5.74, 6) is -1.15. The average Bonchev–Trinajstić information content (AvgIpc) is 2.57. The van der Waals surface area contributed by atoms with Gasteiger partial charge < -0.3 is 10.7 Å². The second-order valence-corrected chi connectivity index (χ2v) is 6.82. The Labute approximate surface area is 155 Å². The van der Waals surface area contributed by atoms with Crippen LogP contribution >= 0.6 is 15.9 Å². The van der Waals surface area contributed by atoms with Gasteiger partial charge in [0.25, 0.3) is 5.56 Å². The van der Waals surface area contributed by atoms with Gasteiger partial charge in [0.1, 0.15) is 5.82 Å². The number of primary amides is 1. The fourth-order valence-corrected chi connectivity index (χ4v) is 3.06. The van der Waals surface area contributed by atoms with E-state index in [0.29, 0.717) is 5.56 Å². The van der Waals surface area contributed by atoms with Crippen LogP contribution in [0.2, 0.25) is 0 Å². The maximum absolute atomic E-state index is 13.8. The van der Waals surface area contributed by atoms with Crippen LogP contribution in [0.15, 0.2) is 50.5 Å². The molecule has 1 aromatic heterocycles. The third kappa shape index (κ3) is 3.75. The summed E-state index contributed by atoms with van der Waals surface area (Å²) < 4.78 is 15.8. The summed E-state index contributed by atoms with van der Waals surface area (Å²) in [6, 6.07) is 9.48. The molecule has 0 spiro atoms. The fourth-order valence-electron chi connectivity index (χ4n) is 2.80. The Bertz CT molecular complexity index is 1100. The number of nitrogens with two attached hydrogens (primary N) is 1. The van der Waals surface area contributed by atoms with Gasteiger partial charge in [0.2, 0.25) is 5.91 Å². The van der Waals surface area contributed by atoms with Gasteiger partial charge in [-0.2, -0.15) is 0 Å². The van der Waals surface area contributed by atoms with Crippen LogP contribution in [-0.4, -0.2) is 15.5 Å². The second kappa shape index (κ2) is 7.25. The summed E-state index contributed by atoms with van der Waals surface area (Å²) in [7, 11) is 0. The summed E-state index contributed by atoms with van der Waals surface area (Å²) in [5.41, 5.74) is 5.19. The number of carbonyl (C=O) groups is 1. The maximum atomic E-state index is 13.8. The van der Waals surface area contributed by atoms with Gasteiger partial charge in [-0.3, -0.25) is 14.2 Å². The van der Waals surface area contributed by atoms with Crippen molar-refractivity contribution in [2.45, 2.75) is 19.4 Å². The van der Waals surface area contributed by atoms with Crippen molar-refractivity contribution in [3.8, 4) is 0 Å². The van der Waals surface area contributed by atoms with E-state index < -0.39 is 23.0 Å². The van der Waals surface area contributed by atoms with Crippen LogP contribution in [0.4, 0.5) is 4.39 Å². The summed E-state index contributed by atoms with van der Waals surface area (Å²) in [5, 5.41) is 0.185. The Morgan fingerprint density at radius 2 is 1.88 bits per heavy atom. The Morgan fingerprint density at radius 3 is 2.54 bits per heavy atom. The third-order valence-electron chi connectivity index (χ3n) is 4.03. The minimum atomic E-state index is -0.628. The molecule has 0 bridgehead atoms. The molecule has 134 valence electrons. The lowest BCUT2D eigenvalue weighted by atomic mass is 10.0. The number of benzene rings is 2. The highest BCUT2D eigenvalue weighted by atomic mass is 79.9.